The molecule has 0 aliphatic carbocycles. The lowest BCUT2D eigenvalue weighted by Gasteiger charge is -2.09. The number of hydrogen-bond acceptors (Lipinski definition) is 3. The first-order chi connectivity index (χ1) is 8.69. The number of aliphatic hydroxyl groups is 1. The highest BCUT2D eigenvalue weighted by Crippen LogP contribution is 2.20. The maximum Gasteiger partial charge on any atom is 0.120 e. The Labute approximate surface area is 111 Å². The van der Waals surface area contributed by atoms with Crippen molar-refractivity contribution >= 4 is 17.3 Å². The van der Waals surface area contributed by atoms with Gasteiger partial charge in [-0.3, -0.25) is 0 Å². The smallest absolute Gasteiger partial charge is 0.120 e. The Morgan fingerprint density at radius 1 is 1.17 bits per heavy atom. The Kier molecular flexibility index (Phi) is 4.07. The third-order valence-electron chi connectivity index (χ3n) is 2.58. The minimum absolute atomic E-state index is 0.000282. The van der Waals surface area contributed by atoms with Crippen LogP contribution in [0, 0.1) is 0 Å². The molecule has 0 saturated carbocycles. The summed E-state index contributed by atoms with van der Waals surface area (Å²) in [4.78, 5) is 0. The second-order valence-electron chi connectivity index (χ2n) is 3.94. The van der Waals surface area contributed by atoms with Crippen molar-refractivity contribution < 1.29 is 9.84 Å². The molecule has 0 fully saturated rings. The summed E-state index contributed by atoms with van der Waals surface area (Å²) in [6.07, 6.45) is 0. The van der Waals surface area contributed by atoms with Crippen LogP contribution in [0.25, 0.3) is 0 Å². The van der Waals surface area contributed by atoms with Crippen LogP contribution in [-0.4, -0.2) is 5.11 Å². The van der Waals surface area contributed by atoms with Gasteiger partial charge in [0.15, 0.2) is 0 Å². The molecule has 2 rings (SSSR count). The van der Waals surface area contributed by atoms with Gasteiger partial charge in [-0.2, -0.15) is 0 Å². The molecule has 18 heavy (non-hydrogen) atoms. The molecule has 2 aromatic rings. The van der Waals surface area contributed by atoms with E-state index in [1.165, 1.54) is 0 Å². The molecule has 2 aromatic carbocycles. The molecule has 0 spiro atoms. The molecule has 4 heteroatoms. The Bertz CT molecular complexity index is 543. The van der Waals surface area contributed by atoms with Gasteiger partial charge in [0.1, 0.15) is 12.4 Å². The number of nitrogens with two attached hydrogens (primary N) is 1. The van der Waals surface area contributed by atoms with E-state index in [1.807, 2.05) is 24.3 Å². The Balaban J connectivity index is 2.06. The third kappa shape index (κ3) is 3.15. The zero-order valence-corrected chi connectivity index (χ0v) is 10.5. The van der Waals surface area contributed by atoms with E-state index in [9.17, 15) is 0 Å². The molecule has 0 bridgehead atoms. The van der Waals surface area contributed by atoms with Crippen molar-refractivity contribution in [1.29, 1.82) is 0 Å². The minimum Gasteiger partial charge on any atom is -0.489 e. The molecule has 0 amide bonds. The van der Waals surface area contributed by atoms with Gasteiger partial charge in [-0.1, -0.05) is 29.8 Å². The summed E-state index contributed by atoms with van der Waals surface area (Å²) in [6, 6.07) is 12.6. The minimum atomic E-state index is 0.000282. The second-order valence-corrected chi connectivity index (χ2v) is 4.37. The third-order valence-corrected chi connectivity index (χ3v) is 2.82. The van der Waals surface area contributed by atoms with E-state index in [1.54, 1.807) is 18.2 Å². The number of hydrogen-bond donors (Lipinski definition) is 2. The van der Waals surface area contributed by atoms with Crippen molar-refractivity contribution in [2.24, 2.45) is 0 Å². The van der Waals surface area contributed by atoms with E-state index in [-0.39, 0.29) is 6.61 Å². The van der Waals surface area contributed by atoms with Gasteiger partial charge < -0.3 is 15.6 Å². The predicted octanol–water partition coefficient (Wildman–Crippen LogP) is 2.99. The van der Waals surface area contributed by atoms with Gasteiger partial charge in [0.25, 0.3) is 0 Å². The fourth-order valence-corrected chi connectivity index (χ4v) is 1.77. The van der Waals surface area contributed by atoms with Crippen LogP contribution in [0.3, 0.4) is 0 Å². The van der Waals surface area contributed by atoms with E-state index in [2.05, 4.69) is 0 Å². The van der Waals surface area contributed by atoms with Crippen molar-refractivity contribution in [3.05, 3.63) is 58.6 Å². The summed E-state index contributed by atoms with van der Waals surface area (Å²) in [6.45, 7) is 0.373. The summed E-state index contributed by atoms with van der Waals surface area (Å²) in [5, 5.41) is 9.64. The highest BCUT2D eigenvalue weighted by Gasteiger charge is 2.02. The molecular formula is C14H14ClNO2. The molecule has 3 N–H and O–H groups in total. The van der Waals surface area contributed by atoms with E-state index in [4.69, 9.17) is 27.2 Å². The van der Waals surface area contributed by atoms with E-state index < -0.39 is 0 Å². The first-order valence-corrected chi connectivity index (χ1v) is 5.93. The molecule has 94 valence electrons. The Morgan fingerprint density at radius 3 is 2.72 bits per heavy atom. The molecule has 0 unspecified atom stereocenters. The average molecular weight is 264 g/mol. The normalized spacial score (nSPS) is 10.3. The van der Waals surface area contributed by atoms with Crippen LogP contribution in [-0.2, 0) is 13.2 Å². The first kappa shape index (κ1) is 12.7. The lowest BCUT2D eigenvalue weighted by molar-refractivity contribution is 0.278. The molecule has 0 aliphatic heterocycles. The summed E-state index contributed by atoms with van der Waals surface area (Å²) >= 11 is 5.83. The predicted molar refractivity (Wildman–Crippen MR) is 72.6 cm³/mol. The fraction of sp³-hybridized carbons (Fsp3) is 0.143. The van der Waals surface area contributed by atoms with Crippen LogP contribution >= 0.6 is 11.6 Å². The monoisotopic (exact) mass is 263 g/mol. The van der Waals surface area contributed by atoms with Crippen LogP contribution in [0.1, 0.15) is 11.1 Å². The van der Waals surface area contributed by atoms with Gasteiger partial charge in [-0.05, 0) is 29.8 Å². The zero-order valence-electron chi connectivity index (χ0n) is 9.77. The fourth-order valence-electron chi connectivity index (χ4n) is 1.59. The lowest BCUT2D eigenvalue weighted by Crippen LogP contribution is -2.00. The van der Waals surface area contributed by atoms with Crippen molar-refractivity contribution in [1.82, 2.24) is 0 Å². The molecule has 0 heterocycles. The average Bonchev–Trinajstić information content (AvgIpc) is 2.38. The van der Waals surface area contributed by atoms with Crippen LogP contribution < -0.4 is 10.5 Å². The van der Waals surface area contributed by atoms with E-state index in [0.717, 1.165) is 11.1 Å². The van der Waals surface area contributed by atoms with Crippen molar-refractivity contribution in [3.63, 3.8) is 0 Å². The summed E-state index contributed by atoms with van der Waals surface area (Å²) in [5.74, 6) is 0.705. The van der Waals surface area contributed by atoms with Gasteiger partial charge in [0, 0.05) is 16.3 Å². The summed E-state index contributed by atoms with van der Waals surface area (Å²) < 4.78 is 5.62. The summed E-state index contributed by atoms with van der Waals surface area (Å²) in [7, 11) is 0. The number of aliphatic hydroxyl groups excluding tert-OH is 1. The van der Waals surface area contributed by atoms with Crippen LogP contribution in [0.4, 0.5) is 5.69 Å². The molecule has 0 radical (unpaired) electrons. The largest absolute Gasteiger partial charge is 0.489 e. The molecule has 0 atom stereocenters. The van der Waals surface area contributed by atoms with E-state index >= 15 is 0 Å². The number of anilines is 1. The topological polar surface area (TPSA) is 55.5 Å². The Morgan fingerprint density at radius 2 is 2.00 bits per heavy atom. The second kappa shape index (κ2) is 5.76. The highest BCUT2D eigenvalue weighted by atomic mass is 35.5. The van der Waals surface area contributed by atoms with Crippen LogP contribution in [0.15, 0.2) is 42.5 Å². The van der Waals surface area contributed by atoms with E-state index in [0.29, 0.717) is 23.1 Å². The van der Waals surface area contributed by atoms with Crippen LogP contribution in [0.2, 0.25) is 5.02 Å². The van der Waals surface area contributed by atoms with Crippen molar-refractivity contribution in [2.75, 3.05) is 5.73 Å². The van der Waals surface area contributed by atoms with Crippen molar-refractivity contribution in [3.8, 4) is 5.75 Å². The lowest BCUT2D eigenvalue weighted by atomic mass is 10.2. The van der Waals surface area contributed by atoms with Gasteiger partial charge in [-0.15, -0.1) is 0 Å². The van der Waals surface area contributed by atoms with Gasteiger partial charge in [0.2, 0.25) is 0 Å². The number of halogens is 1. The first-order valence-electron chi connectivity index (χ1n) is 5.55. The van der Waals surface area contributed by atoms with Crippen molar-refractivity contribution in [2.45, 2.75) is 13.2 Å². The molecule has 3 nitrogen and oxygen atoms in total. The molecule has 0 aliphatic rings. The maximum atomic E-state index is 9.03. The standard InChI is InChI=1S/C14H14ClNO2/c15-12-5-4-11(14(16)7-12)9-18-13-3-1-2-10(6-13)8-17/h1-7,17H,8-9,16H2. The Hall–Kier alpha value is -1.71. The highest BCUT2D eigenvalue weighted by molar-refractivity contribution is 6.30. The maximum absolute atomic E-state index is 9.03. The summed E-state index contributed by atoms with van der Waals surface area (Å²) in [5.41, 5.74) is 8.15. The number of benzene rings is 2. The number of ether oxygens (including phenoxy) is 1. The number of rotatable bonds is 4. The van der Waals surface area contributed by atoms with Gasteiger partial charge in [0.05, 0.1) is 6.61 Å². The SMILES string of the molecule is Nc1cc(Cl)ccc1COc1cccc(CO)c1. The molecule has 0 saturated heterocycles. The van der Waals surface area contributed by atoms with Gasteiger partial charge in [-0.25, -0.2) is 0 Å². The van der Waals surface area contributed by atoms with Crippen LogP contribution in [0.5, 0.6) is 5.75 Å². The zero-order chi connectivity index (χ0) is 13.0. The quantitative estimate of drug-likeness (QED) is 0.834. The number of nitrogen functional groups attached to an aromatic ring is 1. The molecular weight excluding hydrogens is 250 g/mol. The van der Waals surface area contributed by atoms with Gasteiger partial charge >= 0.3 is 0 Å². The molecule has 0 aromatic heterocycles.